The van der Waals surface area contributed by atoms with E-state index in [1.54, 1.807) is 22.7 Å². The molecule has 0 saturated heterocycles. The summed E-state index contributed by atoms with van der Waals surface area (Å²) in [5.74, 6) is -0.274. The molecule has 0 bridgehead atoms. The Morgan fingerprint density at radius 1 is 1.07 bits per heavy atom. The van der Waals surface area contributed by atoms with E-state index < -0.39 is 0 Å². The number of aryl methyl sites for hydroxylation is 1. The number of aromatic nitrogens is 4. The van der Waals surface area contributed by atoms with Crippen molar-refractivity contribution in [1.29, 1.82) is 5.26 Å². The fraction of sp³-hybridized carbons (Fsp3) is 0.190. The Morgan fingerprint density at radius 3 is 2.59 bits per heavy atom. The Labute approximate surface area is 156 Å². The number of unbranched alkanes of at least 4 members (excludes halogenated alkanes) is 1. The number of fused-ring (bicyclic) bond motifs is 1. The van der Waals surface area contributed by atoms with Crippen LogP contribution in [0.15, 0.2) is 55.1 Å². The van der Waals surface area contributed by atoms with Crippen molar-refractivity contribution >= 4 is 5.65 Å². The number of halogens is 1. The van der Waals surface area contributed by atoms with Gasteiger partial charge in [-0.3, -0.25) is 4.40 Å². The van der Waals surface area contributed by atoms with Crippen LogP contribution in [0, 0.1) is 17.1 Å². The van der Waals surface area contributed by atoms with Crippen molar-refractivity contribution in [3.05, 3.63) is 66.6 Å². The van der Waals surface area contributed by atoms with Crippen LogP contribution in [0.25, 0.3) is 28.2 Å². The van der Waals surface area contributed by atoms with Crippen molar-refractivity contribution in [2.24, 2.45) is 0 Å². The Kier molecular flexibility index (Phi) is 4.43. The molecule has 0 atom stereocenters. The van der Waals surface area contributed by atoms with Crippen molar-refractivity contribution < 1.29 is 4.39 Å². The van der Waals surface area contributed by atoms with E-state index >= 15 is 0 Å². The van der Waals surface area contributed by atoms with Gasteiger partial charge in [-0.25, -0.2) is 14.4 Å². The molecule has 0 amide bonds. The highest BCUT2D eigenvalue weighted by molar-refractivity contribution is 5.79. The van der Waals surface area contributed by atoms with Gasteiger partial charge in [0.15, 0.2) is 0 Å². The minimum Gasteiger partial charge on any atom is -0.330 e. The monoisotopic (exact) mass is 359 g/mol. The number of pyridine rings is 1. The molecule has 3 aromatic heterocycles. The fourth-order valence-electron chi connectivity index (χ4n) is 3.21. The molecule has 0 saturated carbocycles. The molecule has 0 aliphatic carbocycles. The molecular weight excluding hydrogens is 341 g/mol. The van der Waals surface area contributed by atoms with Crippen LogP contribution < -0.4 is 0 Å². The first kappa shape index (κ1) is 17.0. The van der Waals surface area contributed by atoms with Gasteiger partial charge in [-0.05, 0) is 42.8 Å². The van der Waals surface area contributed by atoms with Gasteiger partial charge in [0, 0.05) is 23.9 Å². The van der Waals surface area contributed by atoms with Gasteiger partial charge in [-0.15, -0.1) is 0 Å². The van der Waals surface area contributed by atoms with E-state index in [1.807, 2.05) is 24.7 Å². The van der Waals surface area contributed by atoms with Gasteiger partial charge in [-0.2, -0.15) is 5.26 Å². The average molecular weight is 359 g/mol. The lowest BCUT2D eigenvalue weighted by molar-refractivity contribution is 0.628. The van der Waals surface area contributed by atoms with Crippen LogP contribution in [0.4, 0.5) is 4.39 Å². The van der Waals surface area contributed by atoms with E-state index in [2.05, 4.69) is 27.5 Å². The lowest BCUT2D eigenvalue weighted by Crippen LogP contribution is -2.00. The predicted octanol–water partition coefficient (Wildman–Crippen LogP) is 4.68. The summed E-state index contributed by atoms with van der Waals surface area (Å²) in [4.78, 5) is 8.86. The van der Waals surface area contributed by atoms with Crippen LogP contribution in [-0.4, -0.2) is 18.9 Å². The fourth-order valence-corrected chi connectivity index (χ4v) is 3.21. The van der Waals surface area contributed by atoms with E-state index in [0.717, 1.165) is 47.5 Å². The summed E-state index contributed by atoms with van der Waals surface area (Å²) in [6.45, 7) is 2.99. The first-order valence-electron chi connectivity index (χ1n) is 8.90. The van der Waals surface area contributed by atoms with Gasteiger partial charge < -0.3 is 4.57 Å². The highest BCUT2D eigenvalue weighted by Gasteiger charge is 2.16. The molecule has 0 aliphatic rings. The number of benzene rings is 1. The zero-order valence-corrected chi connectivity index (χ0v) is 14.9. The quantitative estimate of drug-likeness (QED) is 0.520. The lowest BCUT2D eigenvalue weighted by Gasteiger charge is -2.11. The second kappa shape index (κ2) is 7.04. The molecule has 27 heavy (non-hydrogen) atoms. The third-order valence-corrected chi connectivity index (χ3v) is 4.60. The Hall–Kier alpha value is -3.46. The Bertz CT molecular complexity index is 1130. The average Bonchev–Trinajstić information content (AvgIpc) is 3.30. The second-order valence-electron chi connectivity index (χ2n) is 6.40. The Balaban J connectivity index is 1.90. The summed E-state index contributed by atoms with van der Waals surface area (Å²) in [7, 11) is 0. The second-order valence-corrected chi connectivity index (χ2v) is 6.40. The van der Waals surface area contributed by atoms with Gasteiger partial charge in [-0.1, -0.05) is 13.3 Å². The zero-order chi connectivity index (χ0) is 18.8. The van der Waals surface area contributed by atoms with Gasteiger partial charge in [0.1, 0.15) is 23.2 Å². The lowest BCUT2D eigenvalue weighted by atomic mass is 10.1. The first-order chi connectivity index (χ1) is 13.2. The van der Waals surface area contributed by atoms with Crippen LogP contribution >= 0.6 is 0 Å². The number of rotatable bonds is 5. The third kappa shape index (κ3) is 3.08. The first-order valence-corrected chi connectivity index (χ1v) is 8.90. The molecule has 0 unspecified atom stereocenters. The van der Waals surface area contributed by atoms with Crippen molar-refractivity contribution in [1.82, 2.24) is 18.9 Å². The van der Waals surface area contributed by atoms with Crippen molar-refractivity contribution in [2.75, 3.05) is 0 Å². The van der Waals surface area contributed by atoms with E-state index in [9.17, 15) is 9.65 Å². The maximum Gasteiger partial charge on any atom is 0.144 e. The molecule has 3 heterocycles. The van der Waals surface area contributed by atoms with Crippen LogP contribution in [0.5, 0.6) is 0 Å². The van der Waals surface area contributed by atoms with Gasteiger partial charge in [0.05, 0.1) is 23.9 Å². The predicted molar refractivity (Wildman–Crippen MR) is 101 cm³/mol. The molecular formula is C21H18FN5. The highest BCUT2D eigenvalue weighted by atomic mass is 19.1. The molecule has 0 N–H and O–H groups in total. The zero-order valence-electron chi connectivity index (χ0n) is 14.9. The van der Waals surface area contributed by atoms with E-state index in [4.69, 9.17) is 0 Å². The van der Waals surface area contributed by atoms with Crippen LogP contribution in [0.1, 0.15) is 25.5 Å². The van der Waals surface area contributed by atoms with Crippen molar-refractivity contribution in [2.45, 2.75) is 26.3 Å². The molecule has 1 aromatic carbocycles. The van der Waals surface area contributed by atoms with E-state index in [-0.39, 0.29) is 5.82 Å². The number of nitrogens with zero attached hydrogens (tertiary/aromatic N) is 5. The number of nitriles is 1. The normalized spacial score (nSPS) is 11.0. The maximum absolute atomic E-state index is 13.4. The van der Waals surface area contributed by atoms with E-state index in [0.29, 0.717) is 5.69 Å². The summed E-state index contributed by atoms with van der Waals surface area (Å²) in [6, 6.07) is 12.4. The van der Waals surface area contributed by atoms with Crippen LogP contribution in [-0.2, 0) is 6.54 Å². The van der Waals surface area contributed by atoms with Crippen molar-refractivity contribution in [3.63, 3.8) is 0 Å². The number of hydrogen-bond donors (Lipinski definition) is 0. The summed E-state index contributed by atoms with van der Waals surface area (Å²) >= 11 is 0. The maximum atomic E-state index is 13.4. The third-order valence-electron chi connectivity index (χ3n) is 4.60. The summed E-state index contributed by atoms with van der Waals surface area (Å²) < 4.78 is 17.2. The smallest absolute Gasteiger partial charge is 0.144 e. The minimum atomic E-state index is -0.274. The Morgan fingerprint density at radius 2 is 1.85 bits per heavy atom. The van der Waals surface area contributed by atoms with Crippen LogP contribution in [0.3, 0.4) is 0 Å². The number of hydrogen-bond acceptors (Lipinski definition) is 3. The summed E-state index contributed by atoms with van der Waals surface area (Å²) in [5.41, 5.74) is 4.74. The minimum absolute atomic E-state index is 0.274. The van der Waals surface area contributed by atoms with Gasteiger partial charge in [0.2, 0.25) is 0 Å². The van der Waals surface area contributed by atoms with Gasteiger partial charge >= 0.3 is 0 Å². The standard InChI is InChI=1S/C21H18FN5/c1-2-3-10-26-14-25-20(15-4-7-17(22)8-5-15)21(26)16-6-9-19-24-12-18(11-23)27(19)13-16/h4-9,12-14H,2-3,10H2,1H3. The topological polar surface area (TPSA) is 58.9 Å². The molecule has 6 heteroatoms. The molecule has 134 valence electrons. The SMILES string of the molecule is CCCCn1cnc(-c2ccc(F)cc2)c1-c1ccc2ncc(C#N)n2c1. The molecule has 4 rings (SSSR count). The molecule has 0 aliphatic heterocycles. The largest absolute Gasteiger partial charge is 0.330 e. The molecule has 0 radical (unpaired) electrons. The highest BCUT2D eigenvalue weighted by Crippen LogP contribution is 2.32. The van der Waals surface area contributed by atoms with E-state index in [1.165, 1.54) is 12.1 Å². The number of imidazole rings is 2. The molecule has 0 spiro atoms. The molecule has 5 nitrogen and oxygen atoms in total. The molecule has 4 aromatic rings. The summed E-state index contributed by atoms with van der Waals surface area (Å²) in [6.07, 6.45) is 7.40. The van der Waals surface area contributed by atoms with Crippen molar-refractivity contribution in [3.8, 4) is 28.6 Å². The van der Waals surface area contributed by atoms with Gasteiger partial charge in [0.25, 0.3) is 0 Å². The van der Waals surface area contributed by atoms with Crippen LogP contribution in [0.2, 0.25) is 0 Å². The summed E-state index contributed by atoms with van der Waals surface area (Å²) in [5, 5.41) is 9.31. The molecule has 0 fully saturated rings.